The minimum absolute atomic E-state index is 0.0684. The van der Waals surface area contributed by atoms with E-state index in [0.717, 1.165) is 4.31 Å². The van der Waals surface area contributed by atoms with Crippen LogP contribution in [0.2, 0.25) is 10.0 Å². The molecule has 0 saturated carbocycles. The fourth-order valence-corrected chi connectivity index (χ4v) is 6.66. The van der Waals surface area contributed by atoms with Crippen LogP contribution in [-0.4, -0.2) is 73.5 Å². The minimum atomic E-state index is -4.21. The molecule has 2 fully saturated rings. The summed E-state index contributed by atoms with van der Waals surface area (Å²) in [5.41, 5.74) is 0. The summed E-state index contributed by atoms with van der Waals surface area (Å²) in [4.78, 5) is 26.4. The van der Waals surface area contributed by atoms with Crippen LogP contribution >= 0.6 is 23.2 Å². The van der Waals surface area contributed by atoms with Gasteiger partial charge in [0.25, 0.3) is 0 Å². The van der Waals surface area contributed by atoms with E-state index in [1.54, 1.807) is 0 Å². The number of halogens is 2. The van der Waals surface area contributed by atoms with E-state index in [-0.39, 0.29) is 34.6 Å². The highest BCUT2D eigenvalue weighted by molar-refractivity contribution is 7.89. The summed E-state index contributed by atoms with van der Waals surface area (Å²) in [7, 11) is -2.73. The van der Waals surface area contributed by atoms with Crippen LogP contribution in [0.15, 0.2) is 23.1 Å². The maximum atomic E-state index is 13.5. The van der Waals surface area contributed by atoms with Crippen molar-refractivity contribution in [3.8, 4) is 0 Å². The zero-order valence-corrected chi connectivity index (χ0v) is 18.1. The van der Waals surface area contributed by atoms with Crippen molar-refractivity contribution in [3.63, 3.8) is 0 Å². The number of sulfonamides is 1. The molecule has 29 heavy (non-hydrogen) atoms. The summed E-state index contributed by atoms with van der Waals surface area (Å²) >= 11 is 12.0. The first-order valence-corrected chi connectivity index (χ1v) is 11.4. The van der Waals surface area contributed by atoms with Crippen molar-refractivity contribution in [1.29, 1.82) is 0 Å². The molecule has 2 heterocycles. The molecule has 0 spiro atoms. The van der Waals surface area contributed by atoms with Gasteiger partial charge >= 0.3 is 5.97 Å². The Morgan fingerprint density at radius 1 is 1.24 bits per heavy atom. The van der Waals surface area contributed by atoms with Crippen molar-refractivity contribution < 1.29 is 27.9 Å². The molecular formula is C18H22Cl2N2O6S. The number of methoxy groups -OCH3 is 1. The lowest BCUT2D eigenvalue weighted by Gasteiger charge is -2.39. The average Bonchev–Trinajstić information content (AvgIpc) is 2.72. The summed E-state index contributed by atoms with van der Waals surface area (Å²) in [6.07, 6.45) is 1.23. The van der Waals surface area contributed by atoms with E-state index in [4.69, 9.17) is 27.9 Å². The first-order chi connectivity index (χ1) is 13.7. The van der Waals surface area contributed by atoms with E-state index in [1.807, 2.05) is 0 Å². The number of carbonyl (C=O) groups is 2. The molecular weight excluding hydrogens is 443 g/mol. The number of carbonyl (C=O) groups excluding carboxylic acids is 1. The van der Waals surface area contributed by atoms with Gasteiger partial charge in [0.05, 0.1) is 17.4 Å². The van der Waals surface area contributed by atoms with Gasteiger partial charge in [-0.2, -0.15) is 4.31 Å². The van der Waals surface area contributed by atoms with Gasteiger partial charge in [-0.25, -0.2) is 8.42 Å². The molecule has 0 radical (unpaired) electrons. The normalized spacial score (nSPS) is 25.7. The molecule has 2 aliphatic rings. The first-order valence-electron chi connectivity index (χ1n) is 9.17. The summed E-state index contributed by atoms with van der Waals surface area (Å²) in [5.74, 6) is -2.60. The average molecular weight is 465 g/mol. The van der Waals surface area contributed by atoms with E-state index in [2.05, 4.69) is 0 Å². The van der Waals surface area contributed by atoms with Crippen LogP contribution in [0.5, 0.6) is 0 Å². The van der Waals surface area contributed by atoms with Crippen molar-refractivity contribution in [2.75, 3.05) is 26.8 Å². The SMILES string of the molecule is COCCN1CC(C(=O)O)C2CCCC(C1=O)N2S(=O)(=O)c1cc(Cl)cc(Cl)c1. The van der Waals surface area contributed by atoms with E-state index in [0.29, 0.717) is 19.3 Å². The lowest BCUT2D eigenvalue weighted by atomic mass is 9.90. The number of hydrogen-bond acceptors (Lipinski definition) is 5. The van der Waals surface area contributed by atoms with Crippen molar-refractivity contribution in [2.45, 2.75) is 36.2 Å². The third kappa shape index (κ3) is 4.39. The molecule has 1 amide bonds. The van der Waals surface area contributed by atoms with Gasteiger partial charge in [0.1, 0.15) is 6.04 Å². The standard InChI is InChI=1S/C18H22Cl2N2O6S/c1-28-6-5-21-10-14(18(24)25)15-3-2-4-16(17(21)23)22(15)29(26,27)13-8-11(19)7-12(20)9-13/h7-9,14-16H,2-6,10H2,1H3,(H,24,25). The van der Waals surface area contributed by atoms with Crippen LogP contribution in [0, 0.1) is 5.92 Å². The Morgan fingerprint density at radius 2 is 1.90 bits per heavy atom. The highest BCUT2D eigenvalue weighted by Gasteiger charge is 2.51. The molecule has 3 atom stereocenters. The van der Waals surface area contributed by atoms with E-state index >= 15 is 0 Å². The van der Waals surface area contributed by atoms with Crippen LogP contribution in [0.25, 0.3) is 0 Å². The molecule has 2 aliphatic heterocycles. The molecule has 0 aromatic heterocycles. The summed E-state index contributed by atoms with van der Waals surface area (Å²) in [5, 5.41) is 10.1. The minimum Gasteiger partial charge on any atom is -0.481 e. The van der Waals surface area contributed by atoms with Crippen LogP contribution in [0.4, 0.5) is 0 Å². The molecule has 8 nitrogen and oxygen atoms in total. The topological polar surface area (TPSA) is 104 Å². The maximum Gasteiger partial charge on any atom is 0.309 e. The number of amides is 1. The van der Waals surface area contributed by atoms with Gasteiger partial charge in [-0.3, -0.25) is 9.59 Å². The monoisotopic (exact) mass is 464 g/mol. The number of rotatable bonds is 6. The highest BCUT2D eigenvalue weighted by atomic mass is 35.5. The number of fused-ring (bicyclic) bond motifs is 2. The van der Waals surface area contributed by atoms with E-state index in [9.17, 15) is 23.1 Å². The van der Waals surface area contributed by atoms with Crippen molar-refractivity contribution in [3.05, 3.63) is 28.2 Å². The Kier molecular flexibility index (Phi) is 6.74. The van der Waals surface area contributed by atoms with Crippen LogP contribution in [0.1, 0.15) is 19.3 Å². The Balaban J connectivity index is 2.10. The number of ether oxygens (including phenoxy) is 1. The van der Waals surface area contributed by atoms with Gasteiger partial charge in [-0.05, 0) is 37.5 Å². The molecule has 2 saturated heterocycles. The number of benzene rings is 1. The molecule has 1 N–H and O–H groups in total. The second-order valence-corrected chi connectivity index (χ2v) is 9.89. The predicted molar refractivity (Wildman–Crippen MR) is 106 cm³/mol. The third-order valence-electron chi connectivity index (χ3n) is 5.38. The van der Waals surface area contributed by atoms with E-state index < -0.39 is 39.9 Å². The fraction of sp³-hybridized carbons (Fsp3) is 0.556. The number of piperidine rings is 1. The van der Waals surface area contributed by atoms with Crippen molar-refractivity contribution in [1.82, 2.24) is 9.21 Å². The number of carboxylic acids is 1. The Labute approximate surface area is 179 Å². The van der Waals surface area contributed by atoms with Crippen LogP contribution in [-0.2, 0) is 24.3 Å². The zero-order chi connectivity index (χ0) is 21.3. The molecule has 11 heteroatoms. The quantitative estimate of drug-likeness (QED) is 0.690. The summed E-state index contributed by atoms with van der Waals surface area (Å²) < 4.78 is 33.1. The van der Waals surface area contributed by atoms with Crippen LogP contribution < -0.4 is 0 Å². The molecule has 1 aromatic carbocycles. The van der Waals surface area contributed by atoms with E-state index in [1.165, 1.54) is 30.2 Å². The first kappa shape index (κ1) is 22.3. The van der Waals surface area contributed by atoms with Gasteiger partial charge in [0.15, 0.2) is 0 Å². The predicted octanol–water partition coefficient (Wildman–Crippen LogP) is 2.09. The molecule has 3 rings (SSSR count). The van der Waals surface area contributed by atoms with Gasteiger partial charge in [-0.1, -0.05) is 23.2 Å². The van der Waals surface area contributed by atoms with Gasteiger partial charge in [0, 0.05) is 36.3 Å². The Morgan fingerprint density at radius 3 is 2.48 bits per heavy atom. The lowest BCUT2D eigenvalue weighted by molar-refractivity contribution is -0.144. The number of hydrogen-bond donors (Lipinski definition) is 1. The molecule has 0 aliphatic carbocycles. The van der Waals surface area contributed by atoms with Crippen LogP contribution in [0.3, 0.4) is 0 Å². The molecule has 2 bridgehead atoms. The fourth-order valence-electron chi connectivity index (χ4n) is 4.07. The Bertz CT molecular complexity index is 889. The number of nitrogens with zero attached hydrogens (tertiary/aromatic N) is 2. The molecule has 1 aromatic rings. The largest absolute Gasteiger partial charge is 0.481 e. The maximum absolute atomic E-state index is 13.5. The molecule has 3 unspecified atom stereocenters. The Hall–Kier alpha value is -1.39. The lowest BCUT2D eigenvalue weighted by Crippen LogP contribution is -2.55. The van der Waals surface area contributed by atoms with Gasteiger partial charge in [-0.15, -0.1) is 0 Å². The van der Waals surface area contributed by atoms with Crippen molar-refractivity contribution in [2.24, 2.45) is 5.92 Å². The molecule has 160 valence electrons. The summed E-state index contributed by atoms with van der Waals surface area (Å²) in [6.45, 7) is 0.354. The van der Waals surface area contributed by atoms with Crippen molar-refractivity contribution >= 4 is 45.1 Å². The second-order valence-electron chi connectivity index (χ2n) is 7.18. The van der Waals surface area contributed by atoms with Gasteiger partial charge in [0.2, 0.25) is 15.9 Å². The smallest absolute Gasteiger partial charge is 0.309 e. The third-order valence-corrected chi connectivity index (χ3v) is 7.73. The summed E-state index contributed by atoms with van der Waals surface area (Å²) in [6, 6.07) is 2.10. The van der Waals surface area contributed by atoms with Gasteiger partial charge < -0.3 is 14.7 Å². The zero-order valence-electron chi connectivity index (χ0n) is 15.8. The highest BCUT2D eigenvalue weighted by Crippen LogP contribution is 2.38. The number of carboxylic acid groups (broad SMARTS) is 1. The number of aliphatic carboxylic acids is 1. The second kappa shape index (κ2) is 8.77.